The van der Waals surface area contributed by atoms with Crippen molar-refractivity contribution < 1.29 is 19.2 Å². The summed E-state index contributed by atoms with van der Waals surface area (Å²) in [6, 6.07) is 1.57. The van der Waals surface area contributed by atoms with Gasteiger partial charge in [-0.25, -0.2) is 9.18 Å². The molecule has 0 fully saturated rings. The third-order valence-corrected chi connectivity index (χ3v) is 4.02. The van der Waals surface area contributed by atoms with Crippen LogP contribution in [0.3, 0.4) is 0 Å². The standard InChI is InChI=1S/C12H15FN2O4S/c1-12(2,20-3)6-14-9-4-7(11(16)17)10(15(18)19)5-8(9)13/h4-5,14H,6H2,1-3H3,(H,16,17). The summed E-state index contributed by atoms with van der Waals surface area (Å²) in [5.41, 5.74) is -1.36. The van der Waals surface area contributed by atoms with Crippen LogP contribution in [0.2, 0.25) is 0 Å². The highest BCUT2D eigenvalue weighted by molar-refractivity contribution is 7.99. The largest absolute Gasteiger partial charge is 0.477 e. The van der Waals surface area contributed by atoms with Crippen LogP contribution in [0.4, 0.5) is 15.8 Å². The highest BCUT2D eigenvalue weighted by Crippen LogP contribution is 2.28. The van der Waals surface area contributed by atoms with E-state index in [9.17, 15) is 19.3 Å². The Hall–Kier alpha value is -1.83. The SMILES string of the molecule is CSC(C)(C)CNc1cc(C(=O)O)c([N+](=O)[O-])cc1F. The summed E-state index contributed by atoms with van der Waals surface area (Å²) < 4.78 is 13.6. The van der Waals surface area contributed by atoms with Crippen LogP contribution in [0.5, 0.6) is 0 Å². The number of carbonyl (C=O) groups is 1. The van der Waals surface area contributed by atoms with Gasteiger partial charge in [-0.05, 0) is 26.2 Å². The molecule has 0 spiro atoms. The number of nitrogens with zero attached hydrogens (tertiary/aromatic N) is 1. The lowest BCUT2D eigenvalue weighted by atomic mass is 10.1. The van der Waals surface area contributed by atoms with Crippen molar-refractivity contribution in [3.8, 4) is 0 Å². The van der Waals surface area contributed by atoms with Crippen LogP contribution >= 0.6 is 11.8 Å². The van der Waals surface area contributed by atoms with E-state index in [1.165, 1.54) is 0 Å². The van der Waals surface area contributed by atoms with E-state index in [1.54, 1.807) is 11.8 Å². The summed E-state index contributed by atoms with van der Waals surface area (Å²) in [5, 5.41) is 22.4. The lowest BCUT2D eigenvalue weighted by Gasteiger charge is -2.23. The first kappa shape index (κ1) is 16.2. The summed E-state index contributed by atoms with van der Waals surface area (Å²) in [5.74, 6) is -2.32. The molecule has 2 N–H and O–H groups in total. The normalized spacial score (nSPS) is 11.2. The number of hydrogen-bond acceptors (Lipinski definition) is 5. The van der Waals surface area contributed by atoms with Crippen LogP contribution in [0.25, 0.3) is 0 Å². The molecule has 0 aliphatic heterocycles. The Balaban J connectivity index is 3.13. The lowest BCUT2D eigenvalue weighted by Crippen LogP contribution is -2.26. The van der Waals surface area contributed by atoms with Gasteiger partial charge in [-0.15, -0.1) is 0 Å². The summed E-state index contributed by atoms with van der Waals surface area (Å²) in [6.45, 7) is 4.26. The number of thioether (sulfide) groups is 1. The van der Waals surface area contributed by atoms with Gasteiger partial charge in [0.1, 0.15) is 5.56 Å². The number of rotatable bonds is 6. The van der Waals surface area contributed by atoms with Gasteiger partial charge in [0.15, 0.2) is 5.82 Å². The second kappa shape index (κ2) is 6.08. The number of halogens is 1. The quantitative estimate of drug-likeness (QED) is 0.620. The molecule has 1 rings (SSSR count). The second-order valence-electron chi connectivity index (χ2n) is 4.73. The fraction of sp³-hybridized carbons (Fsp3) is 0.417. The second-order valence-corrected chi connectivity index (χ2v) is 6.24. The molecule has 0 bridgehead atoms. The molecule has 0 atom stereocenters. The number of anilines is 1. The van der Waals surface area contributed by atoms with E-state index in [1.807, 2.05) is 20.1 Å². The van der Waals surface area contributed by atoms with Crippen molar-refractivity contribution in [2.45, 2.75) is 18.6 Å². The van der Waals surface area contributed by atoms with Crippen molar-refractivity contribution in [1.29, 1.82) is 0 Å². The van der Waals surface area contributed by atoms with Crippen molar-refractivity contribution in [3.05, 3.63) is 33.6 Å². The molecule has 0 amide bonds. The zero-order chi connectivity index (χ0) is 15.5. The maximum absolute atomic E-state index is 13.8. The summed E-state index contributed by atoms with van der Waals surface area (Å²) in [7, 11) is 0. The third kappa shape index (κ3) is 3.83. The number of nitrogens with one attached hydrogen (secondary N) is 1. The molecule has 0 aromatic heterocycles. The van der Waals surface area contributed by atoms with Gasteiger partial charge in [0.2, 0.25) is 0 Å². The molecule has 8 heteroatoms. The summed E-state index contributed by atoms with van der Waals surface area (Å²) in [6.07, 6.45) is 1.90. The van der Waals surface area contributed by atoms with Crippen molar-refractivity contribution in [1.82, 2.24) is 0 Å². The predicted octanol–water partition coefficient (Wildman–Crippen LogP) is 2.99. The van der Waals surface area contributed by atoms with Gasteiger partial charge in [0.25, 0.3) is 5.69 Å². The third-order valence-electron chi connectivity index (χ3n) is 2.77. The van der Waals surface area contributed by atoms with Gasteiger partial charge in [-0.2, -0.15) is 11.8 Å². The molecule has 1 aromatic rings. The number of benzene rings is 1. The first-order valence-corrected chi connectivity index (χ1v) is 6.90. The molecule has 0 aliphatic carbocycles. The topological polar surface area (TPSA) is 92.5 Å². The Morgan fingerprint density at radius 3 is 2.60 bits per heavy atom. The molecule has 6 nitrogen and oxygen atoms in total. The number of hydrogen-bond donors (Lipinski definition) is 2. The zero-order valence-electron chi connectivity index (χ0n) is 11.3. The molecule has 0 heterocycles. The predicted molar refractivity (Wildman–Crippen MR) is 76.1 cm³/mol. The van der Waals surface area contributed by atoms with Crippen LogP contribution in [0.1, 0.15) is 24.2 Å². The fourth-order valence-electron chi connectivity index (χ4n) is 1.40. The molecule has 1 aromatic carbocycles. The van der Waals surface area contributed by atoms with E-state index >= 15 is 0 Å². The Kier molecular flexibility index (Phi) is 4.93. The van der Waals surface area contributed by atoms with E-state index in [2.05, 4.69) is 5.32 Å². The van der Waals surface area contributed by atoms with Crippen LogP contribution in [-0.4, -0.2) is 33.5 Å². The maximum atomic E-state index is 13.8. The van der Waals surface area contributed by atoms with E-state index in [0.29, 0.717) is 12.6 Å². The summed E-state index contributed by atoms with van der Waals surface area (Å²) >= 11 is 1.56. The van der Waals surface area contributed by atoms with Crippen LogP contribution in [0.15, 0.2) is 12.1 Å². The van der Waals surface area contributed by atoms with E-state index in [-0.39, 0.29) is 10.4 Å². The van der Waals surface area contributed by atoms with Gasteiger partial charge < -0.3 is 10.4 Å². The Morgan fingerprint density at radius 1 is 1.55 bits per heavy atom. The Labute approximate surface area is 119 Å². The first-order chi connectivity index (χ1) is 9.18. The molecule has 0 radical (unpaired) electrons. The molecular formula is C12H15FN2O4S. The maximum Gasteiger partial charge on any atom is 0.342 e. The Bertz CT molecular complexity index is 549. The lowest BCUT2D eigenvalue weighted by molar-refractivity contribution is -0.385. The Morgan fingerprint density at radius 2 is 2.15 bits per heavy atom. The van der Waals surface area contributed by atoms with Crippen molar-refractivity contribution in [3.63, 3.8) is 0 Å². The average molecular weight is 302 g/mol. The molecular weight excluding hydrogens is 287 g/mol. The summed E-state index contributed by atoms with van der Waals surface area (Å²) in [4.78, 5) is 20.8. The van der Waals surface area contributed by atoms with Crippen molar-refractivity contribution in [2.24, 2.45) is 0 Å². The van der Waals surface area contributed by atoms with Crippen molar-refractivity contribution in [2.75, 3.05) is 18.1 Å². The smallest absolute Gasteiger partial charge is 0.342 e. The number of aromatic carboxylic acids is 1. The minimum absolute atomic E-state index is 0.0601. The first-order valence-electron chi connectivity index (χ1n) is 5.68. The fourth-order valence-corrected chi connectivity index (χ4v) is 1.62. The van der Waals surface area contributed by atoms with E-state index in [0.717, 1.165) is 6.07 Å². The van der Waals surface area contributed by atoms with E-state index < -0.39 is 28.0 Å². The monoisotopic (exact) mass is 302 g/mol. The molecule has 20 heavy (non-hydrogen) atoms. The van der Waals surface area contributed by atoms with Crippen LogP contribution in [-0.2, 0) is 0 Å². The van der Waals surface area contributed by atoms with Gasteiger partial charge >= 0.3 is 5.97 Å². The zero-order valence-corrected chi connectivity index (χ0v) is 12.1. The average Bonchev–Trinajstić information content (AvgIpc) is 2.36. The molecule has 0 unspecified atom stereocenters. The highest BCUT2D eigenvalue weighted by atomic mass is 32.2. The van der Waals surface area contributed by atoms with Gasteiger partial charge in [0, 0.05) is 11.3 Å². The van der Waals surface area contributed by atoms with Crippen LogP contribution in [0, 0.1) is 15.9 Å². The number of carboxylic acid groups (broad SMARTS) is 1. The number of nitro benzene ring substituents is 1. The van der Waals surface area contributed by atoms with Gasteiger partial charge in [0.05, 0.1) is 16.7 Å². The number of nitro groups is 1. The molecule has 0 aliphatic rings. The van der Waals surface area contributed by atoms with Gasteiger partial charge in [-0.1, -0.05) is 0 Å². The molecule has 110 valence electrons. The highest BCUT2D eigenvalue weighted by Gasteiger charge is 2.24. The molecule has 0 saturated heterocycles. The molecule has 0 saturated carbocycles. The van der Waals surface area contributed by atoms with Crippen molar-refractivity contribution >= 4 is 29.1 Å². The number of carboxylic acids is 1. The minimum atomic E-state index is -1.47. The van der Waals surface area contributed by atoms with E-state index in [4.69, 9.17) is 5.11 Å². The van der Waals surface area contributed by atoms with Crippen LogP contribution < -0.4 is 5.32 Å². The minimum Gasteiger partial charge on any atom is -0.477 e. The van der Waals surface area contributed by atoms with Gasteiger partial charge in [-0.3, -0.25) is 10.1 Å².